The molecule has 0 saturated carbocycles. The minimum atomic E-state index is -4.79. The molecule has 9 heteroatoms. The molecule has 0 radical (unpaired) electrons. The van der Waals surface area contributed by atoms with Crippen LogP contribution in [0.25, 0.3) is 10.1 Å². The number of aliphatic imine (C=N–C) groups is 1. The number of hydrogen-bond acceptors (Lipinski definition) is 5. The Labute approximate surface area is 165 Å². The van der Waals surface area contributed by atoms with E-state index in [0.29, 0.717) is 5.39 Å². The van der Waals surface area contributed by atoms with E-state index in [1.165, 1.54) is 6.07 Å². The first-order valence-electron chi connectivity index (χ1n) is 7.65. The van der Waals surface area contributed by atoms with Crippen LogP contribution in [0.4, 0.5) is 13.2 Å². The van der Waals surface area contributed by atoms with Crippen molar-refractivity contribution in [3.05, 3.63) is 56.6 Å². The van der Waals surface area contributed by atoms with Crippen molar-refractivity contribution in [3.8, 4) is 0 Å². The fourth-order valence-electron chi connectivity index (χ4n) is 2.35. The van der Waals surface area contributed by atoms with Crippen LogP contribution in [0, 0.1) is 0 Å². The molecule has 0 aliphatic heterocycles. The maximum absolute atomic E-state index is 13.2. The predicted octanol–water partition coefficient (Wildman–Crippen LogP) is 6.08. The topological polar surface area (TPSA) is 46.5 Å². The molecular formula is C18H11ClF3NO2S2. The van der Waals surface area contributed by atoms with Crippen molar-refractivity contribution in [2.75, 3.05) is 6.54 Å². The van der Waals surface area contributed by atoms with Crippen molar-refractivity contribution in [1.29, 1.82) is 0 Å². The van der Waals surface area contributed by atoms with Crippen LogP contribution in [-0.2, 0) is 0 Å². The van der Waals surface area contributed by atoms with Gasteiger partial charge in [0.05, 0.1) is 21.2 Å². The first-order valence-corrected chi connectivity index (χ1v) is 9.72. The molecule has 0 N–H and O–H groups in total. The van der Waals surface area contributed by atoms with Crippen molar-refractivity contribution in [3.63, 3.8) is 0 Å². The van der Waals surface area contributed by atoms with Gasteiger partial charge in [-0.15, -0.1) is 22.7 Å². The summed E-state index contributed by atoms with van der Waals surface area (Å²) in [6.07, 6.45) is -5.70. The van der Waals surface area contributed by atoms with Gasteiger partial charge in [0, 0.05) is 10.1 Å². The van der Waals surface area contributed by atoms with Crippen LogP contribution >= 0.6 is 34.3 Å². The number of thiophene rings is 2. The van der Waals surface area contributed by atoms with E-state index in [0.717, 1.165) is 27.4 Å². The largest absolute Gasteiger partial charge is 0.429 e. The van der Waals surface area contributed by atoms with Gasteiger partial charge < -0.3 is 0 Å². The van der Waals surface area contributed by atoms with Gasteiger partial charge in [0.25, 0.3) is 0 Å². The van der Waals surface area contributed by atoms with Gasteiger partial charge in [0.1, 0.15) is 12.3 Å². The number of halogens is 4. The molecule has 0 amide bonds. The van der Waals surface area contributed by atoms with Gasteiger partial charge in [-0.3, -0.25) is 14.6 Å². The van der Waals surface area contributed by atoms with Gasteiger partial charge in [0.15, 0.2) is 11.6 Å². The number of benzene rings is 1. The molecule has 1 aromatic carbocycles. The fraction of sp³-hybridized carbons (Fsp3) is 0.167. The normalized spacial score (nSPS) is 12.5. The summed E-state index contributed by atoms with van der Waals surface area (Å²) in [4.78, 5) is 28.1. The molecule has 27 heavy (non-hydrogen) atoms. The molecule has 0 aliphatic carbocycles. The number of carbonyl (C=O) groups is 2. The highest BCUT2D eigenvalue weighted by atomic mass is 35.5. The molecule has 140 valence electrons. The number of fused-ring (bicyclic) bond motifs is 1. The van der Waals surface area contributed by atoms with Crippen molar-refractivity contribution >= 4 is 61.6 Å². The molecule has 0 bridgehead atoms. The fourth-order valence-corrected chi connectivity index (χ4v) is 4.49. The van der Waals surface area contributed by atoms with Crippen LogP contribution in [0.3, 0.4) is 0 Å². The third-order valence-electron chi connectivity index (χ3n) is 3.65. The van der Waals surface area contributed by atoms with Crippen LogP contribution in [0.2, 0.25) is 5.02 Å². The Morgan fingerprint density at radius 1 is 1.07 bits per heavy atom. The van der Waals surface area contributed by atoms with Crippen molar-refractivity contribution < 1.29 is 22.8 Å². The molecule has 2 heterocycles. The monoisotopic (exact) mass is 429 g/mol. The summed E-state index contributed by atoms with van der Waals surface area (Å²) in [6, 6.07) is 10.1. The van der Waals surface area contributed by atoms with Gasteiger partial charge in [-0.25, -0.2) is 0 Å². The number of carbonyl (C=O) groups excluding carboxylic acids is 2. The lowest BCUT2D eigenvalue weighted by atomic mass is 10.1. The Balaban J connectivity index is 1.82. The van der Waals surface area contributed by atoms with E-state index in [2.05, 4.69) is 4.99 Å². The highest BCUT2D eigenvalue weighted by molar-refractivity contribution is 7.21. The zero-order chi connectivity index (χ0) is 19.6. The molecule has 2 aromatic heterocycles. The van der Waals surface area contributed by atoms with E-state index in [1.54, 1.807) is 35.7 Å². The van der Waals surface area contributed by atoms with Gasteiger partial charge in [-0.05, 0) is 17.5 Å². The quantitative estimate of drug-likeness (QED) is 0.352. The number of ketones is 2. The van der Waals surface area contributed by atoms with E-state index < -0.39 is 36.4 Å². The summed E-state index contributed by atoms with van der Waals surface area (Å²) in [6.45, 7) is -0.723. The maximum atomic E-state index is 13.2. The Morgan fingerprint density at radius 2 is 1.81 bits per heavy atom. The summed E-state index contributed by atoms with van der Waals surface area (Å²) < 4.78 is 40.4. The van der Waals surface area contributed by atoms with Crippen LogP contribution in [0.15, 0.2) is 46.8 Å². The Hall–Kier alpha value is -2.03. The predicted molar refractivity (Wildman–Crippen MR) is 103 cm³/mol. The van der Waals surface area contributed by atoms with Gasteiger partial charge in [-0.2, -0.15) is 13.2 Å². The first kappa shape index (κ1) is 19.7. The molecule has 0 saturated heterocycles. The molecule has 3 rings (SSSR count). The summed E-state index contributed by atoms with van der Waals surface area (Å²) in [7, 11) is 0. The second kappa shape index (κ2) is 7.92. The number of Topliss-reactive ketones (excluding diaryl/α,β-unsaturated/α-hetero) is 2. The average molecular weight is 430 g/mol. The first-order chi connectivity index (χ1) is 12.8. The highest BCUT2D eigenvalue weighted by Gasteiger charge is 2.37. The number of alkyl halides is 3. The zero-order valence-electron chi connectivity index (χ0n) is 13.5. The molecular weight excluding hydrogens is 419 g/mol. The Bertz CT molecular complexity index is 1020. The van der Waals surface area contributed by atoms with Crippen molar-refractivity contribution in [1.82, 2.24) is 0 Å². The summed E-state index contributed by atoms with van der Waals surface area (Å²) >= 11 is 8.34. The highest BCUT2D eigenvalue weighted by Crippen LogP contribution is 2.35. The van der Waals surface area contributed by atoms with Crippen molar-refractivity contribution in [2.24, 2.45) is 4.99 Å². The zero-order valence-corrected chi connectivity index (χ0v) is 15.9. The lowest BCUT2D eigenvalue weighted by Gasteiger charge is -2.09. The van der Waals surface area contributed by atoms with Crippen LogP contribution in [0.1, 0.15) is 25.8 Å². The SMILES string of the molecule is O=C(CC(=NCC(=O)c1sc2ccccc2c1Cl)C(F)(F)F)c1cccs1. The maximum Gasteiger partial charge on any atom is 0.429 e. The van der Waals surface area contributed by atoms with Crippen LogP contribution in [0.5, 0.6) is 0 Å². The van der Waals surface area contributed by atoms with E-state index in [9.17, 15) is 22.8 Å². The van der Waals surface area contributed by atoms with Crippen LogP contribution < -0.4 is 0 Å². The summed E-state index contributed by atoms with van der Waals surface area (Å²) in [5.74, 6) is -1.31. The Morgan fingerprint density at radius 3 is 2.44 bits per heavy atom. The van der Waals surface area contributed by atoms with Crippen molar-refractivity contribution in [2.45, 2.75) is 12.6 Å². The lowest BCUT2D eigenvalue weighted by molar-refractivity contribution is -0.0603. The van der Waals surface area contributed by atoms with E-state index >= 15 is 0 Å². The minimum Gasteiger partial charge on any atom is -0.293 e. The number of hydrogen-bond donors (Lipinski definition) is 0. The van der Waals surface area contributed by atoms with Gasteiger partial charge >= 0.3 is 6.18 Å². The smallest absolute Gasteiger partial charge is 0.293 e. The van der Waals surface area contributed by atoms with E-state index in [1.807, 2.05) is 0 Å². The number of nitrogens with zero attached hydrogens (tertiary/aromatic N) is 1. The molecule has 0 aliphatic rings. The molecule has 0 fully saturated rings. The van der Waals surface area contributed by atoms with Gasteiger partial charge in [0.2, 0.25) is 0 Å². The van der Waals surface area contributed by atoms with Crippen LogP contribution in [-0.4, -0.2) is 30.0 Å². The van der Waals surface area contributed by atoms with E-state index in [4.69, 9.17) is 11.6 Å². The number of rotatable bonds is 6. The summed E-state index contributed by atoms with van der Waals surface area (Å²) in [5.41, 5.74) is -1.27. The average Bonchev–Trinajstić information content (AvgIpc) is 3.26. The molecule has 3 nitrogen and oxygen atoms in total. The molecule has 3 aromatic rings. The molecule has 0 atom stereocenters. The second-order valence-electron chi connectivity index (χ2n) is 5.50. The lowest BCUT2D eigenvalue weighted by Crippen LogP contribution is -2.26. The Kier molecular flexibility index (Phi) is 5.78. The van der Waals surface area contributed by atoms with E-state index in [-0.39, 0.29) is 14.8 Å². The molecule has 0 unspecified atom stereocenters. The third-order valence-corrected chi connectivity index (χ3v) is 6.28. The molecule has 0 spiro atoms. The minimum absolute atomic E-state index is 0.160. The second-order valence-corrected chi connectivity index (χ2v) is 7.88. The summed E-state index contributed by atoms with van der Waals surface area (Å²) in [5, 5.41) is 2.48. The van der Waals surface area contributed by atoms with Gasteiger partial charge in [-0.1, -0.05) is 35.9 Å². The standard InChI is InChI=1S/C18H11ClF3NO2S2/c19-16-10-4-1-2-5-13(10)27-17(16)12(25)9-23-15(18(20,21)22)8-11(24)14-6-3-7-26-14/h1-7H,8-9H2. The third kappa shape index (κ3) is 4.45.